The molecule has 0 radical (unpaired) electrons. The first-order chi connectivity index (χ1) is 13.5. The van der Waals surface area contributed by atoms with Gasteiger partial charge >= 0.3 is 0 Å². The summed E-state index contributed by atoms with van der Waals surface area (Å²) in [5.74, 6) is -1.70. The Morgan fingerprint density at radius 3 is 2.54 bits per heavy atom. The number of rotatable bonds is 6. The molecule has 1 saturated heterocycles. The molecule has 1 aromatic carbocycles. The van der Waals surface area contributed by atoms with Crippen molar-refractivity contribution in [2.24, 2.45) is 0 Å². The molecule has 2 heterocycles. The summed E-state index contributed by atoms with van der Waals surface area (Å²) >= 11 is 0. The number of quaternary nitrogens is 1. The van der Waals surface area contributed by atoms with E-state index in [1.165, 1.54) is 6.07 Å². The van der Waals surface area contributed by atoms with E-state index in [-0.39, 0.29) is 24.7 Å². The number of nitrogens with zero attached hydrogens (tertiary/aromatic N) is 1. The summed E-state index contributed by atoms with van der Waals surface area (Å²) in [5, 5.41) is 4.98. The molecule has 0 bridgehead atoms. The normalized spacial score (nSPS) is 14.6. The van der Waals surface area contributed by atoms with E-state index in [2.05, 4.69) is 20.5 Å². The van der Waals surface area contributed by atoms with Gasteiger partial charge < -0.3 is 15.5 Å². The van der Waals surface area contributed by atoms with E-state index in [4.69, 9.17) is 0 Å². The van der Waals surface area contributed by atoms with Gasteiger partial charge in [0.25, 0.3) is 11.7 Å². The Bertz CT molecular complexity index is 826. The number of aromatic amines is 1. The first-order valence-electron chi connectivity index (χ1n) is 9.08. The number of hydrogen-bond donors (Lipinski definition) is 3. The lowest BCUT2D eigenvalue weighted by Crippen LogP contribution is -3.16. The first kappa shape index (κ1) is 19.7. The van der Waals surface area contributed by atoms with Gasteiger partial charge in [-0.05, 0) is 18.2 Å². The van der Waals surface area contributed by atoms with Gasteiger partial charge in [0, 0.05) is 17.8 Å². The number of carbonyl (C=O) groups is 2. The number of carbonyl (C=O) groups excluding carboxylic acids is 2. The van der Waals surface area contributed by atoms with Crippen molar-refractivity contribution >= 4 is 23.3 Å². The van der Waals surface area contributed by atoms with Crippen molar-refractivity contribution in [2.75, 3.05) is 49.5 Å². The van der Waals surface area contributed by atoms with Crippen LogP contribution in [-0.4, -0.2) is 51.1 Å². The fourth-order valence-corrected chi connectivity index (χ4v) is 3.07. The lowest BCUT2D eigenvalue weighted by molar-refractivity contribution is -0.892. The van der Waals surface area contributed by atoms with Gasteiger partial charge in [-0.25, -0.2) is 13.8 Å². The fourth-order valence-electron chi connectivity index (χ4n) is 3.07. The monoisotopic (exact) mass is 391 g/mol. The van der Waals surface area contributed by atoms with E-state index < -0.39 is 17.5 Å². The predicted molar refractivity (Wildman–Crippen MR) is 98.8 cm³/mol. The van der Waals surface area contributed by atoms with Crippen LogP contribution in [0.1, 0.15) is 0 Å². The van der Waals surface area contributed by atoms with Crippen molar-refractivity contribution in [1.82, 2.24) is 5.32 Å². The third-order valence-corrected chi connectivity index (χ3v) is 4.56. The summed E-state index contributed by atoms with van der Waals surface area (Å²) in [7, 11) is 0. The number of amides is 2. The lowest BCUT2D eigenvalue weighted by Gasteiger charge is -2.27. The molecule has 1 aliphatic heterocycles. The molecule has 2 amide bonds. The minimum Gasteiger partial charge on any atom is -0.342 e. The SMILES string of the molecule is O=C(C[NH+]1CCN(c2cccc[nH+]2)CC1)NCC(=O)Nc1ccc(F)c(F)c1. The van der Waals surface area contributed by atoms with Crippen molar-refractivity contribution in [3.63, 3.8) is 0 Å². The van der Waals surface area contributed by atoms with Gasteiger partial charge in [0.05, 0.1) is 12.7 Å². The van der Waals surface area contributed by atoms with Crippen LogP contribution in [0.25, 0.3) is 0 Å². The van der Waals surface area contributed by atoms with E-state index in [1.54, 1.807) is 0 Å². The summed E-state index contributed by atoms with van der Waals surface area (Å²) in [4.78, 5) is 30.5. The zero-order valence-corrected chi connectivity index (χ0v) is 15.3. The van der Waals surface area contributed by atoms with E-state index in [9.17, 15) is 18.4 Å². The number of hydrogen-bond acceptors (Lipinski definition) is 3. The zero-order chi connectivity index (χ0) is 19.9. The van der Waals surface area contributed by atoms with E-state index in [0.717, 1.165) is 49.0 Å². The molecule has 28 heavy (non-hydrogen) atoms. The van der Waals surface area contributed by atoms with Crippen molar-refractivity contribution in [1.29, 1.82) is 0 Å². The van der Waals surface area contributed by atoms with Gasteiger partial charge in [-0.2, -0.15) is 0 Å². The minimum atomic E-state index is -1.04. The minimum absolute atomic E-state index is 0.137. The molecular weight excluding hydrogens is 368 g/mol. The smallest absolute Gasteiger partial charge is 0.275 e. The highest BCUT2D eigenvalue weighted by Gasteiger charge is 2.27. The number of nitrogens with one attached hydrogen (secondary N) is 4. The summed E-state index contributed by atoms with van der Waals surface area (Å²) in [6.45, 7) is 3.36. The number of halogens is 2. The highest BCUT2D eigenvalue weighted by Crippen LogP contribution is 2.12. The number of H-pyrrole nitrogens is 1. The van der Waals surface area contributed by atoms with Gasteiger partial charge in [0.2, 0.25) is 5.91 Å². The molecule has 7 nitrogen and oxygen atoms in total. The highest BCUT2D eigenvalue weighted by atomic mass is 19.2. The molecule has 1 aromatic heterocycles. The largest absolute Gasteiger partial charge is 0.342 e. The third-order valence-electron chi connectivity index (χ3n) is 4.56. The Labute approximate surface area is 161 Å². The van der Waals surface area contributed by atoms with Crippen LogP contribution in [0.5, 0.6) is 0 Å². The molecule has 0 aliphatic carbocycles. The molecule has 148 valence electrons. The van der Waals surface area contributed by atoms with Gasteiger partial charge in [0.15, 0.2) is 18.2 Å². The van der Waals surface area contributed by atoms with Crippen LogP contribution < -0.4 is 25.4 Å². The van der Waals surface area contributed by atoms with E-state index in [1.807, 2.05) is 24.4 Å². The second-order valence-corrected chi connectivity index (χ2v) is 6.62. The Balaban J connectivity index is 1.37. The maximum Gasteiger partial charge on any atom is 0.275 e. The van der Waals surface area contributed by atoms with Crippen LogP contribution in [0.3, 0.4) is 0 Å². The number of anilines is 2. The quantitative estimate of drug-likeness (QED) is 0.606. The summed E-state index contributed by atoms with van der Waals surface area (Å²) in [6, 6.07) is 9.00. The van der Waals surface area contributed by atoms with Crippen LogP contribution >= 0.6 is 0 Å². The molecule has 3 rings (SSSR count). The summed E-state index contributed by atoms with van der Waals surface area (Å²) < 4.78 is 26.0. The Hall–Kier alpha value is -3.07. The first-order valence-corrected chi connectivity index (χ1v) is 9.08. The molecule has 0 spiro atoms. The molecule has 1 aliphatic rings. The fraction of sp³-hybridized carbons (Fsp3) is 0.316. The van der Waals surface area contributed by atoms with Crippen LogP contribution in [0.15, 0.2) is 42.6 Å². The highest BCUT2D eigenvalue weighted by molar-refractivity contribution is 5.94. The lowest BCUT2D eigenvalue weighted by atomic mass is 10.3. The summed E-state index contributed by atoms with van der Waals surface area (Å²) in [6.07, 6.45) is 1.88. The van der Waals surface area contributed by atoms with Crippen LogP contribution in [-0.2, 0) is 9.59 Å². The number of piperazine rings is 1. The molecule has 0 atom stereocenters. The Kier molecular flexibility index (Phi) is 6.49. The van der Waals surface area contributed by atoms with Crippen LogP contribution in [0, 0.1) is 11.6 Å². The van der Waals surface area contributed by atoms with Crippen molar-refractivity contribution in [3.8, 4) is 0 Å². The topological polar surface area (TPSA) is 80.0 Å². The second-order valence-electron chi connectivity index (χ2n) is 6.62. The number of pyridine rings is 1. The molecule has 0 saturated carbocycles. The Morgan fingerprint density at radius 1 is 1.07 bits per heavy atom. The van der Waals surface area contributed by atoms with Gasteiger partial charge in [-0.15, -0.1) is 0 Å². The van der Waals surface area contributed by atoms with Crippen LogP contribution in [0.2, 0.25) is 0 Å². The van der Waals surface area contributed by atoms with E-state index >= 15 is 0 Å². The molecule has 2 aromatic rings. The standard InChI is InChI=1S/C19H21F2N5O2/c20-15-5-4-14(11-16(15)21)24-18(27)12-23-19(28)13-25-7-9-26(10-8-25)17-3-1-2-6-22-17/h1-6,11H,7-10,12-13H2,(H,23,28)(H,24,27)/p+2. The molecular formula is C19H23F2N5O2+2. The van der Waals surface area contributed by atoms with Crippen molar-refractivity contribution in [2.45, 2.75) is 0 Å². The Morgan fingerprint density at radius 2 is 1.86 bits per heavy atom. The van der Waals surface area contributed by atoms with Gasteiger partial charge in [-0.3, -0.25) is 14.5 Å². The zero-order valence-electron chi connectivity index (χ0n) is 15.3. The molecule has 9 heteroatoms. The van der Waals surface area contributed by atoms with Gasteiger partial charge in [0.1, 0.15) is 26.2 Å². The number of benzene rings is 1. The van der Waals surface area contributed by atoms with E-state index in [0.29, 0.717) is 0 Å². The van der Waals surface area contributed by atoms with Gasteiger partial charge in [-0.1, -0.05) is 6.07 Å². The second kappa shape index (κ2) is 9.23. The van der Waals surface area contributed by atoms with Crippen LogP contribution in [0.4, 0.5) is 20.3 Å². The molecule has 1 fully saturated rings. The average Bonchev–Trinajstić information content (AvgIpc) is 2.70. The molecule has 0 unspecified atom stereocenters. The predicted octanol–water partition coefficient (Wildman–Crippen LogP) is -0.761. The summed E-state index contributed by atoms with van der Waals surface area (Å²) in [5.41, 5.74) is 0.137. The van der Waals surface area contributed by atoms with Crippen molar-refractivity contribution in [3.05, 3.63) is 54.2 Å². The molecule has 4 N–H and O–H groups in total. The van der Waals surface area contributed by atoms with Crippen molar-refractivity contribution < 1.29 is 28.3 Å². The maximum atomic E-state index is 13.1. The maximum absolute atomic E-state index is 13.1. The average molecular weight is 391 g/mol. The number of aromatic nitrogens is 1. The third kappa shape index (κ3) is 5.46.